The van der Waals surface area contributed by atoms with E-state index < -0.39 is 11.1 Å². The number of benzene rings is 1. The minimum absolute atomic E-state index is 0.00618. The number of nitrogens with two attached hydrogens (primary N) is 1. The molecule has 80 valence electrons. The summed E-state index contributed by atoms with van der Waals surface area (Å²) in [6, 6.07) is 4.92. The first-order chi connectivity index (χ1) is 7.17. The minimum Gasteiger partial charge on any atom is -0.326 e. The van der Waals surface area contributed by atoms with Gasteiger partial charge in [0.1, 0.15) is 0 Å². The maximum absolute atomic E-state index is 10.6. The molecule has 1 unspecified atom stereocenters. The number of hydrogen-bond donors (Lipinski definition) is 2. The second-order valence-electron chi connectivity index (χ2n) is 2.84. The first kappa shape index (κ1) is 11.7. The van der Waals surface area contributed by atoms with Crippen molar-refractivity contribution < 1.29 is 13.6 Å². The molecule has 0 saturated carbocycles. The van der Waals surface area contributed by atoms with Gasteiger partial charge in [0, 0.05) is 6.54 Å². The molecular weight excluding hydrogens is 216 g/mol. The maximum atomic E-state index is 10.6. The quantitative estimate of drug-likeness (QED) is 0.452. The zero-order chi connectivity index (χ0) is 11.3. The van der Waals surface area contributed by atoms with E-state index in [9.17, 15) is 9.00 Å². The van der Waals surface area contributed by atoms with Crippen LogP contribution in [-0.2, 0) is 28.2 Å². The van der Waals surface area contributed by atoms with Gasteiger partial charge < -0.3 is 10.3 Å². The van der Waals surface area contributed by atoms with Crippen LogP contribution in [0.4, 0.5) is 5.69 Å². The Hall–Kier alpha value is -1.33. The SMILES string of the molecule is NCc1ccc(CS(=O)O)cc1N=C=O. The van der Waals surface area contributed by atoms with Crippen LogP contribution in [0.5, 0.6) is 0 Å². The van der Waals surface area contributed by atoms with Gasteiger partial charge in [-0.1, -0.05) is 12.1 Å². The summed E-state index contributed by atoms with van der Waals surface area (Å²) < 4.78 is 19.3. The van der Waals surface area contributed by atoms with Gasteiger partial charge >= 0.3 is 0 Å². The highest BCUT2D eigenvalue weighted by molar-refractivity contribution is 7.78. The zero-order valence-electron chi connectivity index (χ0n) is 7.84. The van der Waals surface area contributed by atoms with Crippen LogP contribution in [0.25, 0.3) is 0 Å². The second kappa shape index (κ2) is 5.53. The Morgan fingerprint density at radius 1 is 1.53 bits per heavy atom. The lowest BCUT2D eigenvalue weighted by Gasteiger charge is -2.03. The van der Waals surface area contributed by atoms with Gasteiger partial charge in [-0.2, -0.15) is 4.99 Å². The number of rotatable bonds is 4. The fourth-order valence-electron chi connectivity index (χ4n) is 1.17. The number of nitrogens with zero attached hydrogens (tertiary/aromatic N) is 1. The third-order valence-corrected chi connectivity index (χ3v) is 2.41. The number of aliphatic imine (C=N–C) groups is 1. The van der Waals surface area contributed by atoms with Gasteiger partial charge in [-0.15, -0.1) is 0 Å². The van der Waals surface area contributed by atoms with Gasteiger partial charge in [0.05, 0.1) is 11.4 Å². The molecule has 5 nitrogen and oxygen atoms in total. The van der Waals surface area contributed by atoms with Crippen LogP contribution in [0.1, 0.15) is 11.1 Å². The molecule has 0 bridgehead atoms. The predicted octanol–water partition coefficient (Wildman–Crippen LogP) is 0.834. The number of carbonyl (C=O) groups excluding carboxylic acids is 1. The summed E-state index contributed by atoms with van der Waals surface area (Å²) in [6.07, 6.45) is 1.42. The van der Waals surface area contributed by atoms with Crippen LogP contribution < -0.4 is 5.73 Å². The summed E-state index contributed by atoms with van der Waals surface area (Å²) in [5, 5.41) is 0. The Morgan fingerprint density at radius 3 is 2.80 bits per heavy atom. The third kappa shape index (κ3) is 3.38. The van der Waals surface area contributed by atoms with Gasteiger partial charge in [0.25, 0.3) is 0 Å². The largest absolute Gasteiger partial charge is 0.326 e. The van der Waals surface area contributed by atoms with Gasteiger partial charge in [-0.25, -0.2) is 9.00 Å². The van der Waals surface area contributed by atoms with Crippen LogP contribution >= 0.6 is 0 Å². The molecule has 0 radical (unpaired) electrons. The number of isocyanates is 1. The second-order valence-corrected chi connectivity index (χ2v) is 3.77. The van der Waals surface area contributed by atoms with Crippen molar-refractivity contribution in [1.29, 1.82) is 0 Å². The molecule has 1 atom stereocenters. The molecule has 0 aromatic heterocycles. The summed E-state index contributed by atoms with van der Waals surface area (Å²) in [5.74, 6) is 0.00618. The lowest BCUT2D eigenvalue weighted by atomic mass is 10.1. The van der Waals surface area contributed by atoms with E-state index in [0.29, 0.717) is 16.8 Å². The van der Waals surface area contributed by atoms with Crippen molar-refractivity contribution in [3.8, 4) is 0 Å². The molecule has 0 heterocycles. The summed E-state index contributed by atoms with van der Waals surface area (Å²) >= 11 is -1.91. The molecule has 0 fully saturated rings. The molecule has 0 spiro atoms. The van der Waals surface area contributed by atoms with Crippen LogP contribution in [0.3, 0.4) is 0 Å². The lowest BCUT2D eigenvalue weighted by Crippen LogP contribution is -1.98. The normalized spacial score (nSPS) is 11.9. The molecule has 1 aromatic carbocycles. The lowest BCUT2D eigenvalue weighted by molar-refractivity contribution is 0.563. The summed E-state index contributed by atoms with van der Waals surface area (Å²) in [5.41, 5.74) is 7.16. The van der Waals surface area contributed by atoms with Crippen LogP contribution in [0.15, 0.2) is 23.2 Å². The molecule has 1 rings (SSSR count). The smallest absolute Gasteiger partial charge is 0.240 e. The topological polar surface area (TPSA) is 92.8 Å². The van der Waals surface area contributed by atoms with E-state index in [1.807, 2.05) is 0 Å². The Morgan fingerprint density at radius 2 is 2.27 bits per heavy atom. The molecule has 0 aliphatic rings. The minimum atomic E-state index is -1.91. The highest BCUT2D eigenvalue weighted by Crippen LogP contribution is 2.20. The average molecular weight is 226 g/mol. The Kier molecular flexibility index (Phi) is 4.33. The molecule has 3 N–H and O–H groups in total. The van der Waals surface area contributed by atoms with Crippen molar-refractivity contribution in [2.45, 2.75) is 12.3 Å². The molecule has 15 heavy (non-hydrogen) atoms. The predicted molar refractivity (Wildman–Crippen MR) is 56.6 cm³/mol. The van der Waals surface area contributed by atoms with Crippen molar-refractivity contribution in [2.24, 2.45) is 10.7 Å². The third-order valence-electron chi connectivity index (χ3n) is 1.83. The molecule has 0 amide bonds. The average Bonchev–Trinajstić information content (AvgIpc) is 2.18. The van der Waals surface area contributed by atoms with Crippen LogP contribution in [-0.4, -0.2) is 14.8 Å². The highest BCUT2D eigenvalue weighted by atomic mass is 32.2. The fourth-order valence-corrected chi connectivity index (χ4v) is 1.63. The van der Waals surface area contributed by atoms with E-state index >= 15 is 0 Å². The Labute approximate surface area is 89.3 Å². The van der Waals surface area contributed by atoms with Gasteiger partial charge in [0.15, 0.2) is 11.1 Å². The van der Waals surface area contributed by atoms with E-state index in [1.165, 1.54) is 6.08 Å². The van der Waals surface area contributed by atoms with E-state index in [4.69, 9.17) is 10.3 Å². The highest BCUT2D eigenvalue weighted by Gasteiger charge is 2.03. The van der Waals surface area contributed by atoms with E-state index in [2.05, 4.69) is 4.99 Å². The Bertz CT molecular complexity index is 427. The standard InChI is InChI=1S/C9H10N2O3S/c10-4-8-2-1-7(5-15(13)14)3-9(8)11-6-12/h1-3H,4-5,10H2,(H,13,14). The fraction of sp³-hybridized carbons (Fsp3) is 0.222. The zero-order valence-corrected chi connectivity index (χ0v) is 8.66. The Balaban J connectivity index is 3.09. The summed E-state index contributed by atoms with van der Waals surface area (Å²) in [6.45, 7) is 0.253. The molecule has 1 aromatic rings. The van der Waals surface area contributed by atoms with E-state index in [1.54, 1.807) is 18.2 Å². The van der Waals surface area contributed by atoms with Crippen molar-refractivity contribution in [1.82, 2.24) is 0 Å². The first-order valence-electron chi connectivity index (χ1n) is 4.14. The van der Waals surface area contributed by atoms with Crippen molar-refractivity contribution in [3.63, 3.8) is 0 Å². The van der Waals surface area contributed by atoms with E-state index in [-0.39, 0.29) is 12.3 Å². The van der Waals surface area contributed by atoms with Gasteiger partial charge in [-0.05, 0) is 17.2 Å². The van der Waals surface area contributed by atoms with Crippen LogP contribution in [0.2, 0.25) is 0 Å². The van der Waals surface area contributed by atoms with Crippen molar-refractivity contribution in [3.05, 3.63) is 29.3 Å². The molecular formula is C9H10N2O3S. The molecule has 0 aliphatic carbocycles. The number of hydrogen-bond acceptors (Lipinski definition) is 4. The van der Waals surface area contributed by atoms with Gasteiger partial charge in [-0.3, -0.25) is 0 Å². The first-order valence-corrected chi connectivity index (χ1v) is 5.42. The maximum Gasteiger partial charge on any atom is 0.240 e. The van der Waals surface area contributed by atoms with Crippen LogP contribution in [0, 0.1) is 0 Å². The van der Waals surface area contributed by atoms with E-state index in [0.717, 1.165) is 0 Å². The van der Waals surface area contributed by atoms with Crippen molar-refractivity contribution in [2.75, 3.05) is 0 Å². The monoisotopic (exact) mass is 226 g/mol. The van der Waals surface area contributed by atoms with Gasteiger partial charge in [0.2, 0.25) is 6.08 Å². The summed E-state index contributed by atoms with van der Waals surface area (Å²) in [4.78, 5) is 13.6. The summed E-state index contributed by atoms with van der Waals surface area (Å²) in [7, 11) is 0. The molecule has 6 heteroatoms. The molecule has 0 saturated heterocycles. The van der Waals surface area contributed by atoms with Crippen molar-refractivity contribution >= 4 is 22.8 Å². The molecule has 0 aliphatic heterocycles.